The molecule has 1 aromatic carbocycles. The lowest BCUT2D eigenvalue weighted by Crippen LogP contribution is -2.46. The van der Waals surface area contributed by atoms with Crippen molar-refractivity contribution < 1.29 is 18.7 Å². The summed E-state index contributed by atoms with van der Waals surface area (Å²) in [7, 11) is 0. The Hall–Kier alpha value is -1.95. The third kappa shape index (κ3) is 4.03. The highest BCUT2D eigenvalue weighted by Gasteiger charge is 2.22. The van der Waals surface area contributed by atoms with Crippen LogP contribution in [0.5, 0.6) is 0 Å². The Morgan fingerprint density at radius 3 is 2.40 bits per heavy atom. The molecule has 110 valence electrons. The standard InChI is InChI=1S/C14H19FN2O3/c1-4-20-14(19)12(16)13(18)17-7-10-5-8(2)11(15)9(3)6-10/h5-6,12H,4,7,16H2,1-3H3,(H,17,18). The summed E-state index contributed by atoms with van der Waals surface area (Å²) in [6.07, 6.45) is 0. The summed E-state index contributed by atoms with van der Waals surface area (Å²) < 4.78 is 18.1. The Morgan fingerprint density at radius 1 is 1.35 bits per heavy atom. The topological polar surface area (TPSA) is 81.4 Å². The number of esters is 1. The zero-order chi connectivity index (χ0) is 15.3. The normalized spacial score (nSPS) is 11.8. The lowest BCUT2D eigenvalue weighted by molar-refractivity contribution is -0.148. The molecule has 0 aliphatic heterocycles. The van der Waals surface area contributed by atoms with Crippen LogP contribution >= 0.6 is 0 Å². The predicted octanol–water partition coefficient (Wildman–Crippen LogP) is 0.949. The number of hydrogen-bond acceptors (Lipinski definition) is 4. The average molecular weight is 282 g/mol. The van der Waals surface area contributed by atoms with Crippen molar-refractivity contribution >= 4 is 11.9 Å². The van der Waals surface area contributed by atoms with Crippen LogP contribution in [-0.2, 0) is 20.9 Å². The number of benzene rings is 1. The number of nitrogens with one attached hydrogen (secondary N) is 1. The van der Waals surface area contributed by atoms with Gasteiger partial charge in [-0.3, -0.25) is 4.79 Å². The monoisotopic (exact) mass is 282 g/mol. The van der Waals surface area contributed by atoms with Gasteiger partial charge in [-0.05, 0) is 37.5 Å². The number of ether oxygens (including phenoxy) is 1. The van der Waals surface area contributed by atoms with Gasteiger partial charge in [0, 0.05) is 6.54 Å². The van der Waals surface area contributed by atoms with Gasteiger partial charge in [-0.2, -0.15) is 0 Å². The Bertz CT molecular complexity index is 494. The highest BCUT2D eigenvalue weighted by molar-refractivity contribution is 6.01. The van der Waals surface area contributed by atoms with E-state index in [-0.39, 0.29) is 19.0 Å². The van der Waals surface area contributed by atoms with E-state index in [9.17, 15) is 14.0 Å². The molecule has 20 heavy (non-hydrogen) atoms. The molecule has 0 heterocycles. The lowest BCUT2D eigenvalue weighted by atomic mass is 10.1. The van der Waals surface area contributed by atoms with Crippen molar-refractivity contribution in [1.29, 1.82) is 0 Å². The van der Waals surface area contributed by atoms with E-state index in [1.54, 1.807) is 32.9 Å². The summed E-state index contributed by atoms with van der Waals surface area (Å²) in [6, 6.07) is 1.93. The van der Waals surface area contributed by atoms with Crippen LogP contribution in [-0.4, -0.2) is 24.5 Å². The maximum Gasteiger partial charge on any atom is 0.332 e. The third-order valence-electron chi connectivity index (χ3n) is 2.79. The van der Waals surface area contributed by atoms with Crippen LogP contribution in [0, 0.1) is 19.7 Å². The average Bonchev–Trinajstić information content (AvgIpc) is 2.41. The molecule has 0 radical (unpaired) electrons. The van der Waals surface area contributed by atoms with Crippen molar-refractivity contribution in [3.05, 3.63) is 34.6 Å². The lowest BCUT2D eigenvalue weighted by Gasteiger charge is -2.12. The number of nitrogens with two attached hydrogens (primary N) is 1. The van der Waals surface area contributed by atoms with E-state index in [4.69, 9.17) is 5.73 Å². The van der Waals surface area contributed by atoms with E-state index in [2.05, 4.69) is 10.1 Å². The molecule has 1 aromatic rings. The minimum Gasteiger partial charge on any atom is -0.464 e. The summed E-state index contributed by atoms with van der Waals surface area (Å²) >= 11 is 0. The van der Waals surface area contributed by atoms with Gasteiger partial charge in [-0.25, -0.2) is 9.18 Å². The molecular formula is C14H19FN2O3. The second-order valence-corrected chi connectivity index (χ2v) is 4.49. The molecular weight excluding hydrogens is 263 g/mol. The molecule has 0 aliphatic rings. The van der Waals surface area contributed by atoms with Gasteiger partial charge in [-0.1, -0.05) is 12.1 Å². The van der Waals surface area contributed by atoms with Crippen LogP contribution in [0.2, 0.25) is 0 Å². The van der Waals surface area contributed by atoms with Crippen LogP contribution in [0.3, 0.4) is 0 Å². The smallest absolute Gasteiger partial charge is 0.332 e. The summed E-state index contributed by atoms with van der Waals surface area (Å²) in [6.45, 7) is 5.27. The summed E-state index contributed by atoms with van der Waals surface area (Å²) in [5.74, 6) is -1.65. The molecule has 1 atom stereocenters. The molecule has 0 saturated carbocycles. The fraction of sp³-hybridized carbons (Fsp3) is 0.429. The molecule has 0 aliphatic carbocycles. The van der Waals surface area contributed by atoms with Gasteiger partial charge in [0.05, 0.1) is 6.61 Å². The minimum atomic E-state index is -1.35. The number of hydrogen-bond donors (Lipinski definition) is 2. The van der Waals surface area contributed by atoms with Crippen molar-refractivity contribution in [3.63, 3.8) is 0 Å². The Balaban J connectivity index is 2.63. The van der Waals surface area contributed by atoms with E-state index in [0.29, 0.717) is 11.1 Å². The van der Waals surface area contributed by atoms with Crippen LogP contribution in [0.4, 0.5) is 4.39 Å². The second kappa shape index (κ2) is 7.00. The number of aryl methyl sites for hydroxylation is 2. The predicted molar refractivity (Wildman–Crippen MR) is 72.3 cm³/mol. The first kappa shape index (κ1) is 16.1. The van der Waals surface area contributed by atoms with Crippen molar-refractivity contribution in [2.45, 2.75) is 33.4 Å². The van der Waals surface area contributed by atoms with Gasteiger partial charge in [0.1, 0.15) is 5.82 Å². The van der Waals surface area contributed by atoms with Crippen LogP contribution < -0.4 is 11.1 Å². The zero-order valence-corrected chi connectivity index (χ0v) is 11.8. The summed E-state index contributed by atoms with van der Waals surface area (Å²) in [5.41, 5.74) is 7.20. The van der Waals surface area contributed by atoms with Crippen molar-refractivity contribution in [1.82, 2.24) is 5.32 Å². The summed E-state index contributed by atoms with van der Waals surface area (Å²) in [4.78, 5) is 22.9. The molecule has 1 amide bonds. The molecule has 0 fully saturated rings. The Labute approximate surface area is 117 Å². The molecule has 0 bridgehead atoms. The van der Waals surface area contributed by atoms with E-state index in [1.807, 2.05) is 0 Å². The summed E-state index contributed by atoms with van der Waals surface area (Å²) in [5, 5.41) is 2.52. The maximum absolute atomic E-state index is 13.5. The first-order valence-corrected chi connectivity index (χ1v) is 6.32. The first-order valence-electron chi connectivity index (χ1n) is 6.32. The van der Waals surface area contributed by atoms with E-state index >= 15 is 0 Å². The van der Waals surface area contributed by atoms with Gasteiger partial charge < -0.3 is 15.8 Å². The van der Waals surface area contributed by atoms with E-state index < -0.39 is 17.9 Å². The van der Waals surface area contributed by atoms with Gasteiger partial charge in [-0.15, -0.1) is 0 Å². The van der Waals surface area contributed by atoms with Crippen LogP contribution in [0.15, 0.2) is 12.1 Å². The SMILES string of the molecule is CCOC(=O)C(N)C(=O)NCc1cc(C)c(F)c(C)c1. The second-order valence-electron chi connectivity index (χ2n) is 4.49. The zero-order valence-electron chi connectivity index (χ0n) is 11.8. The first-order chi connectivity index (χ1) is 9.36. The number of amides is 1. The molecule has 0 saturated heterocycles. The molecule has 1 rings (SSSR count). The highest BCUT2D eigenvalue weighted by atomic mass is 19.1. The van der Waals surface area contributed by atoms with Gasteiger partial charge in [0.25, 0.3) is 0 Å². The van der Waals surface area contributed by atoms with Crippen LogP contribution in [0.1, 0.15) is 23.6 Å². The molecule has 5 nitrogen and oxygen atoms in total. The molecule has 6 heteroatoms. The highest BCUT2D eigenvalue weighted by Crippen LogP contribution is 2.14. The van der Waals surface area contributed by atoms with Crippen LogP contribution in [0.25, 0.3) is 0 Å². The number of carbonyl (C=O) groups excluding carboxylic acids is 2. The van der Waals surface area contributed by atoms with Gasteiger partial charge >= 0.3 is 5.97 Å². The fourth-order valence-electron chi connectivity index (χ4n) is 1.78. The van der Waals surface area contributed by atoms with Crippen molar-refractivity contribution in [3.8, 4) is 0 Å². The molecule has 0 spiro atoms. The molecule has 1 unspecified atom stereocenters. The number of carbonyl (C=O) groups is 2. The maximum atomic E-state index is 13.5. The third-order valence-corrected chi connectivity index (χ3v) is 2.79. The minimum absolute atomic E-state index is 0.163. The Kier molecular flexibility index (Phi) is 5.64. The number of rotatable bonds is 5. The van der Waals surface area contributed by atoms with Crippen molar-refractivity contribution in [2.24, 2.45) is 5.73 Å². The van der Waals surface area contributed by atoms with Crippen molar-refractivity contribution in [2.75, 3.05) is 6.61 Å². The van der Waals surface area contributed by atoms with Gasteiger partial charge in [0.2, 0.25) is 5.91 Å². The largest absolute Gasteiger partial charge is 0.464 e. The Morgan fingerprint density at radius 2 is 1.90 bits per heavy atom. The van der Waals surface area contributed by atoms with E-state index in [0.717, 1.165) is 5.56 Å². The molecule has 3 N–H and O–H groups in total. The fourth-order valence-corrected chi connectivity index (χ4v) is 1.78. The molecule has 0 aromatic heterocycles. The van der Waals surface area contributed by atoms with E-state index in [1.165, 1.54) is 0 Å². The number of halogens is 1. The quantitative estimate of drug-likeness (QED) is 0.622. The van der Waals surface area contributed by atoms with Gasteiger partial charge in [0.15, 0.2) is 6.04 Å².